The molecule has 0 saturated heterocycles. The number of anilines is 2. The number of rotatable bonds is 6. The third kappa shape index (κ3) is 3.16. The van der Waals surface area contributed by atoms with Crippen molar-refractivity contribution in [3.8, 4) is 23.2 Å². The van der Waals surface area contributed by atoms with Gasteiger partial charge in [-0.25, -0.2) is 9.97 Å². The lowest BCUT2D eigenvalue weighted by Gasteiger charge is -2.14. The van der Waals surface area contributed by atoms with Gasteiger partial charge >= 0.3 is 0 Å². The molecule has 2 aromatic heterocycles. The molecular weight excluding hydrogens is 358 g/mol. The van der Waals surface area contributed by atoms with Gasteiger partial charge in [0, 0.05) is 29.4 Å². The molecule has 8 heteroatoms. The van der Waals surface area contributed by atoms with Gasteiger partial charge < -0.3 is 19.5 Å². The summed E-state index contributed by atoms with van der Waals surface area (Å²) in [6.45, 7) is 0. The van der Waals surface area contributed by atoms with E-state index in [4.69, 9.17) is 14.2 Å². The van der Waals surface area contributed by atoms with Crippen molar-refractivity contribution in [3.63, 3.8) is 0 Å². The molecule has 4 aromatic rings. The summed E-state index contributed by atoms with van der Waals surface area (Å²) in [5.74, 6) is 2.51. The van der Waals surface area contributed by atoms with Crippen molar-refractivity contribution >= 4 is 22.5 Å². The Hall–Kier alpha value is -3.81. The van der Waals surface area contributed by atoms with Crippen LogP contribution in [-0.2, 0) is 0 Å². The van der Waals surface area contributed by atoms with Gasteiger partial charge in [-0.05, 0) is 12.1 Å². The van der Waals surface area contributed by atoms with E-state index in [2.05, 4.69) is 20.3 Å². The van der Waals surface area contributed by atoms with Crippen LogP contribution in [0.25, 0.3) is 16.9 Å². The van der Waals surface area contributed by atoms with E-state index in [1.54, 1.807) is 33.5 Å². The van der Waals surface area contributed by atoms with Gasteiger partial charge in [-0.3, -0.25) is 4.57 Å². The molecule has 28 heavy (non-hydrogen) atoms. The fraction of sp³-hybridized carbons (Fsp3) is 0.150. The Labute approximate surface area is 161 Å². The third-order valence-corrected chi connectivity index (χ3v) is 4.29. The van der Waals surface area contributed by atoms with E-state index in [0.29, 0.717) is 34.8 Å². The highest BCUT2D eigenvalue weighted by Gasteiger charge is 2.14. The van der Waals surface area contributed by atoms with E-state index in [-0.39, 0.29) is 0 Å². The second-order valence-corrected chi connectivity index (χ2v) is 5.89. The Bertz CT molecular complexity index is 1100. The topological polar surface area (TPSA) is 83.3 Å². The summed E-state index contributed by atoms with van der Waals surface area (Å²) in [5.41, 5.74) is 1.72. The van der Waals surface area contributed by atoms with Crippen molar-refractivity contribution in [3.05, 3.63) is 55.0 Å². The van der Waals surface area contributed by atoms with Crippen LogP contribution in [0, 0.1) is 0 Å². The molecule has 2 heterocycles. The molecule has 0 saturated carbocycles. The predicted molar refractivity (Wildman–Crippen MR) is 106 cm³/mol. The quantitative estimate of drug-likeness (QED) is 0.550. The maximum atomic E-state index is 5.39. The van der Waals surface area contributed by atoms with Crippen molar-refractivity contribution in [2.45, 2.75) is 0 Å². The summed E-state index contributed by atoms with van der Waals surface area (Å²) in [7, 11) is 4.70. The standard InChI is InChI=1S/C20H19N5O3/c1-26-16-10-14(11-17(27-2)18(16)28-3)23-19-21-12-22-20(24-19)25-9-8-13-6-4-5-7-15(13)25/h4-12H,1-3H3,(H,21,22,23,24). The van der Waals surface area contributed by atoms with Crippen LogP contribution >= 0.6 is 0 Å². The molecule has 142 valence electrons. The summed E-state index contributed by atoms with van der Waals surface area (Å²) in [6, 6.07) is 13.6. The zero-order valence-corrected chi connectivity index (χ0v) is 15.7. The van der Waals surface area contributed by atoms with Crippen LogP contribution in [0.1, 0.15) is 0 Å². The van der Waals surface area contributed by atoms with E-state index < -0.39 is 0 Å². The molecule has 1 N–H and O–H groups in total. The molecule has 0 fully saturated rings. The van der Waals surface area contributed by atoms with Gasteiger partial charge in [-0.2, -0.15) is 4.98 Å². The molecule has 0 aliphatic heterocycles. The molecule has 8 nitrogen and oxygen atoms in total. The minimum atomic E-state index is 0.400. The Morgan fingerprint density at radius 3 is 2.36 bits per heavy atom. The first-order valence-electron chi connectivity index (χ1n) is 8.56. The van der Waals surface area contributed by atoms with Crippen molar-refractivity contribution < 1.29 is 14.2 Å². The van der Waals surface area contributed by atoms with Crippen LogP contribution < -0.4 is 19.5 Å². The van der Waals surface area contributed by atoms with Gasteiger partial charge in [0.1, 0.15) is 6.33 Å². The van der Waals surface area contributed by atoms with Crippen molar-refractivity contribution in [2.24, 2.45) is 0 Å². The first kappa shape index (κ1) is 17.6. The number of para-hydroxylation sites is 1. The van der Waals surface area contributed by atoms with Gasteiger partial charge in [0.15, 0.2) is 11.5 Å². The molecule has 0 unspecified atom stereocenters. The summed E-state index contributed by atoms with van der Waals surface area (Å²) in [4.78, 5) is 13.0. The number of ether oxygens (including phenoxy) is 3. The van der Waals surface area contributed by atoms with Crippen LogP contribution in [0.4, 0.5) is 11.6 Å². The Kier molecular flexibility index (Phi) is 4.67. The van der Waals surface area contributed by atoms with Gasteiger partial charge in [-0.1, -0.05) is 18.2 Å². The second kappa shape index (κ2) is 7.43. The molecule has 0 aliphatic carbocycles. The van der Waals surface area contributed by atoms with E-state index in [1.165, 1.54) is 6.33 Å². The first-order chi connectivity index (χ1) is 13.7. The molecule has 4 rings (SSSR count). The normalized spacial score (nSPS) is 10.7. The number of nitrogens with zero attached hydrogens (tertiary/aromatic N) is 4. The van der Waals surface area contributed by atoms with Crippen LogP contribution in [0.5, 0.6) is 17.2 Å². The lowest BCUT2D eigenvalue weighted by molar-refractivity contribution is 0.324. The number of aromatic nitrogens is 4. The second-order valence-electron chi connectivity index (χ2n) is 5.89. The summed E-state index contributed by atoms with van der Waals surface area (Å²) in [5, 5.41) is 4.28. The monoisotopic (exact) mass is 377 g/mol. The third-order valence-electron chi connectivity index (χ3n) is 4.29. The van der Waals surface area contributed by atoms with Crippen LogP contribution in [-0.4, -0.2) is 40.8 Å². The highest BCUT2D eigenvalue weighted by molar-refractivity contribution is 5.81. The average molecular weight is 377 g/mol. The fourth-order valence-electron chi connectivity index (χ4n) is 3.00. The molecule has 0 amide bonds. The van der Waals surface area contributed by atoms with Gasteiger partial charge in [-0.15, -0.1) is 0 Å². The Morgan fingerprint density at radius 2 is 1.64 bits per heavy atom. The Balaban J connectivity index is 1.69. The predicted octanol–water partition coefficient (Wildman–Crippen LogP) is 3.58. The number of hydrogen-bond donors (Lipinski definition) is 1. The van der Waals surface area contributed by atoms with Crippen molar-refractivity contribution in [1.82, 2.24) is 19.5 Å². The van der Waals surface area contributed by atoms with Crippen molar-refractivity contribution in [1.29, 1.82) is 0 Å². The Morgan fingerprint density at radius 1 is 0.893 bits per heavy atom. The highest BCUT2D eigenvalue weighted by atomic mass is 16.5. The molecule has 0 radical (unpaired) electrons. The molecule has 0 bridgehead atoms. The van der Waals surface area contributed by atoms with Gasteiger partial charge in [0.25, 0.3) is 0 Å². The lowest BCUT2D eigenvalue weighted by atomic mass is 10.2. The highest BCUT2D eigenvalue weighted by Crippen LogP contribution is 2.40. The molecule has 0 spiro atoms. The average Bonchev–Trinajstić information content (AvgIpc) is 3.17. The smallest absolute Gasteiger partial charge is 0.238 e. The van der Waals surface area contributed by atoms with E-state index in [9.17, 15) is 0 Å². The van der Waals surface area contributed by atoms with Crippen LogP contribution in [0.2, 0.25) is 0 Å². The fourth-order valence-corrected chi connectivity index (χ4v) is 3.00. The van der Waals surface area contributed by atoms with Crippen LogP contribution in [0.15, 0.2) is 55.0 Å². The number of methoxy groups -OCH3 is 3. The van der Waals surface area contributed by atoms with E-state index in [0.717, 1.165) is 10.9 Å². The molecular formula is C20H19N5O3. The number of hydrogen-bond acceptors (Lipinski definition) is 7. The summed E-state index contributed by atoms with van der Waals surface area (Å²) >= 11 is 0. The summed E-state index contributed by atoms with van der Waals surface area (Å²) in [6.07, 6.45) is 3.40. The van der Waals surface area contributed by atoms with Crippen LogP contribution in [0.3, 0.4) is 0 Å². The molecule has 0 aliphatic rings. The minimum absolute atomic E-state index is 0.400. The number of benzene rings is 2. The zero-order chi connectivity index (χ0) is 19.5. The van der Waals surface area contributed by atoms with Crippen molar-refractivity contribution in [2.75, 3.05) is 26.6 Å². The number of nitrogens with one attached hydrogen (secondary N) is 1. The van der Waals surface area contributed by atoms with Gasteiger partial charge in [0.2, 0.25) is 17.6 Å². The largest absolute Gasteiger partial charge is 0.493 e. The maximum Gasteiger partial charge on any atom is 0.238 e. The molecule has 2 aromatic carbocycles. The number of fused-ring (bicyclic) bond motifs is 1. The SMILES string of the molecule is COc1cc(Nc2ncnc(-n3ccc4ccccc43)n2)cc(OC)c1OC. The minimum Gasteiger partial charge on any atom is -0.493 e. The van der Waals surface area contributed by atoms with Gasteiger partial charge in [0.05, 0.1) is 26.8 Å². The van der Waals surface area contributed by atoms with E-state index in [1.807, 2.05) is 41.1 Å². The molecule has 0 atom stereocenters. The maximum absolute atomic E-state index is 5.39. The zero-order valence-electron chi connectivity index (χ0n) is 15.7. The summed E-state index contributed by atoms with van der Waals surface area (Å²) < 4.78 is 18.0. The first-order valence-corrected chi connectivity index (χ1v) is 8.56. The lowest BCUT2D eigenvalue weighted by Crippen LogP contribution is -2.05. The van der Waals surface area contributed by atoms with E-state index >= 15 is 0 Å².